The second kappa shape index (κ2) is 7.29. The summed E-state index contributed by atoms with van der Waals surface area (Å²) in [5.41, 5.74) is 2.53. The van der Waals surface area contributed by atoms with Crippen LogP contribution < -0.4 is 5.32 Å². The molecular formula is C20H18FNO2. The molecule has 1 N–H and O–H groups in total. The second-order valence-electron chi connectivity index (χ2n) is 5.80. The molecule has 1 amide bonds. The van der Waals surface area contributed by atoms with E-state index in [0.717, 1.165) is 24.2 Å². The first-order valence-electron chi connectivity index (χ1n) is 7.90. The Morgan fingerprint density at radius 3 is 2.62 bits per heavy atom. The van der Waals surface area contributed by atoms with Crippen LogP contribution in [0.1, 0.15) is 33.5 Å². The minimum absolute atomic E-state index is 0.130. The van der Waals surface area contributed by atoms with Crippen LogP contribution in [0.4, 0.5) is 4.39 Å². The summed E-state index contributed by atoms with van der Waals surface area (Å²) in [7, 11) is 0. The molecule has 2 aromatic rings. The molecule has 0 aliphatic carbocycles. The molecule has 1 saturated heterocycles. The fourth-order valence-corrected chi connectivity index (χ4v) is 2.32. The van der Waals surface area contributed by atoms with E-state index in [2.05, 4.69) is 17.2 Å². The van der Waals surface area contributed by atoms with Crippen molar-refractivity contribution in [2.24, 2.45) is 0 Å². The maximum Gasteiger partial charge on any atom is 0.251 e. The van der Waals surface area contributed by atoms with Gasteiger partial charge in [-0.3, -0.25) is 4.79 Å². The zero-order chi connectivity index (χ0) is 16.9. The van der Waals surface area contributed by atoms with Crippen molar-refractivity contribution in [3.8, 4) is 11.8 Å². The third-order valence-corrected chi connectivity index (χ3v) is 3.90. The Hall–Kier alpha value is -2.64. The number of amides is 1. The molecule has 1 atom stereocenters. The van der Waals surface area contributed by atoms with Crippen LogP contribution in [-0.2, 0) is 4.74 Å². The monoisotopic (exact) mass is 323 g/mol. The molecule has 0 radical (unpaired) electrons. The van der Waals surface area contributed by atoms with Crippen molar-refractivity contribution in [1.82, 2.24) is 5.32 Å². The van der Waals surface area contributed by atoms with Crippen molar-refractivity contribution in [2.45, 2.75) is 19.4 Å². The molecule has 2 aromatic carbocycles. The van der Waals surface area contributed by atoms with E-state index in [4.69, 9.17) is 4.74 Å². The van der Waals surface area contributed by atoms with Gasteiger partial charge in [0, 0.05) is 24.3 Å². The lowest BCUT2D eigenvalue weighted by atomic mass is 10.1. The predicted molar refractivity (Wildman–Crippen MR) is 90.2 cm³/mol. The van der Waals surface area contributed by atoms with Crippen molar-refractivity contribution in [3.05, 3.63) is 70.5 Å². The summed E-state index contributed by atoms with van der Waals surface area (Å²) in [6, 6.07) is 11.9. The summed E-state index contributed by atoms with van der Waals surface area (Å²) < 4.78 is 19.0. The summed E-state index contributed by atoms with van der Waals surface area (Å²) in [5, 5.41) is 2.84. The molecule has 1 aliphatic rings. The number of hydrogen-bond donors (Lipinski definition) is 1. The van der Waals surface area contributed by atoms with Crippen LogP contribution >= 0.6 is 0 Å². The maximum absolute atomic E-state index is 13.7. The molecule has 3 nitrogen and oxygen atoms in total. The van der Waals surface area contributed by atoms with E-state index in [-0.39, 0.29) is 17.8 Å². The van der Waals surface area contributed by atoms with Gasteiger partial charge in [-0.1, -0.05) is 17.9 Å². The van der Waals surface area contributed by atoms with Crippen LogP contribution in [0.2, 0.25) is 0 Å². The summed E-state index contributed by atoms with van der Waals surface area (Å²) in [4.78, 5) is 12.0. The number of halogens is 1. The maximum atomic E-state index is 13.7. The van der Waals surface area contributed by atoms with Gasteiger partial charge in [-0.2, -0.15) is 0 Å². The molecule has 3 rings (SSSR count). The van der Waals surface area contributed by atoms with E-state index in [1.165, 1.54) is 6.07 Å². The summed E-state index contributed by atoms with van der Waals surface area (Å²) >= 11 is 0. The lowest BCUT2D eigenvalue weighted by molar-refractivity contribution is -0.0472. The van der Waals surface area contributed by atoms with Gasteiger partial charge in [0.2, 0.25) is 0 Å². The highest BCUT2D eigenvalue weighted by molar-refractivity contribution is 5.94. The quantitative estimate of drug-likeness (QED) is 0.882. The molecule has 1 aliphatic heterocycles. The first-order valence-corrected chi connectivity index (χ1v) is 7.90. The molecule has 122 valence electrons. The number of carbonyl (C=O) groups is 1. The molecule has 1 unspecified atom stereocenters. The highest BCUT2D eigenvalue weighted by Gasteiger charge is 2.18. The Kier molecular flexibility index (Phi) is 4.93. The highest BCUT2D eigenvalue weighted by Crippen LogP contribution is 2.11. The number of rotatable bonds is 3. The fourth-order valence-electron chi connectivity index (χ4n) is 2.32. The first-order chi connectivity index (χ1) is 11.6. The van der Waals surface area contributed by atoms with E-state index < -0.39 is 0 Å². The third-order valence-electron chi connectivity index (χ3n) is 3.90. The molecule has 0 spiro atoms. The Morgan fingerprint density at radius 1 is 1.25 bits per heavy atom. The molecule has 4 heteroatoms. The lowest BCUT2D eigenvalue weighted by Crippen LogP contribution is -2.39. The molecule has 1 heterocycles. The minimum atomic E-state index is -0.322. The van der Waals surface area contributed by atoms with Crippen LogP contribution in [0.3, 0.4) is 0 Å². The SMILES string of the molecule is Cc1ccc(C#Cc2ccc(C(=O)NCC3CCO3)cc2)c(F)c1. The van der Waals surface area contributed by atoms with E-state index in [0.29, 0.717) is 17.7 Å². The van der Waals surface area contributed by atoms with Gasteiger partial charge in [0.25, 0.3) is 5.91 Å². The third kappa shape index (κ3) is 4.01. The van der Waals surface area contributed by atoms with Crippen molar-refractivity contribution < 1.29 is 13.9 Å². The summed E-state index contributed by atoms with van der Waals surface area (Å²) in [6.07, 6.45) is 1.13. The molecular weight excluding hydrogens is 305 g/mol. The van der Waals surface area contributed by atoms with Gasteiger partial charge in [0.1, 0.15) is 5.82 Å². The second-order valence-corrected chi connectivity index (χ2v) is 5.80. The van der Waals surface area contributed by atoms with Gasteiger partial charge < -0.3 is 10.1 Å². The first kappa shape index (κ1) is 16.2. The van der Waals surface area contributed by atoms with Gasteiger partial charge in [-0.05, 0) is 55.3 Å². The average Bonchev–Trinajstić information content (AvgIpc) is 2.53. The molecule has 24 heavy (non-hydrogen) atoms. The lowest BCUT2D eigenvalue weighted by Gasteiger charge is -2.26. The van der Waals surface area contributed by atoms with Crippen LogP contribution in [-0.4, -0.2) is 25.2 Å². The Balaban J connectivity index is 1.64. The van der Waals surface area contributed by atoms with E-state index in [9.17, 15) is 9.18 Å². The van der Waals surface area contributed by atoms with Gasteiger partial charge in [0.15, 0.2) is 0 Å². The largest absolute Gasteiger partial charge is 0.376 e. The predicted octanol–water partition coefficient (Wildman–Crippen LogP) is 3.05. The van der Waals surface area contributed by atoms with Gasteiger partial charge in [0.05, 0.1) is 11.7 Å². The van der Waals surface area contributed by atoms with Crippen LogP contribution in [0.15, 0.2) is 42.5 Å². The number of aryl methyl sites for hydroxylation is 1. The molecule has 0 aromatic heterocycles. The van der Waals surface area contributed by atoms with Crippen molar-refractivity contribution in [2.75, 3.05) is 13.2 Å². The number of ether oxygens (including phenoxy) is 1. The van der Waals surface area contributed by atoms with Crippen LogP contribution in [0.25, 0.3) is 0 Å². The zero-order valence-electron chi connectivity index (χ0n) is 13.4. The number of carbonyl (C=O) groups excluding carboxylic acids is 1. The van der Waals surface area contributed by atoms with Crippen molar-refractivity contribution in [1.29, 1.82) is 0 Å². The zero-order valence-corrected chi connectivity index (χ0v) is 13.4. The van der Waals surface area contributed by atoms with Crippen LogP contribution in [0.5, 0.6) is 0 Å². The summed E-state index contributed by atoms with van der Waals surface area (Å²) in [6.45, 7) is 3.14. The van der Waals surface area contributed by atoms with Crippen molar-refractivity contribution >= 4 is 5.91 Å². The van der Waals surface area contributed by atoms with Gasteiger partial charge in [-0.15, -0.1) is 0 Å². The van der Waals surface area contributed by atoms with Gasteiger partial charge in [-0.25, -0.2) is 4.39 Å². The van der Waals surface area contributed by atoms with Crippen molar-refractivity contribution in [3.63, 3.8) is 0 Å². The smallest absolute Gasteiger partial charge is 0.251 e. The minimum Gasteiger partial charge on any atom is -0.376 e. The average molecular weight is 323 g/mol. The van der Waals surface area contributed by atoms with Crippen LogP contribution in [0, 0.1) is 24.6 Å². The van der Waals surface area contributed by atoms with E-state index in [1.54, 1.807) is 30.3 Å². The topological polar surface area (TPSA) is 38.3 Å². The number of hydrogen-bond acceptors (Lipinski definition) is 2. The van der Waals surface area contributed by atoms with E-state index >= 15 is 0 Å². The fraction of sp³-hybridized carbons (Fsp3) is 0.250. The van der Waals surface area contributed by atoms with Gasteiger partial charge >= 0.3 is 0 Å². The Bertz CT molecular complexity index is 799. The van der Waals surface area contributed by atoms with E-state index in [1.807, 2.05) is 13.0 Å². The normalized spacial score (nSPS) is 15.8. The molecule has 0 saturated carbocycles. The summed E-state index contributed by atoms with van der Waals surface area (Å²) in [5.74, 6) is 5.28. The number of benzene rings is 2. The Morgan fingerprint density at radius 2 is 2.00 bits per heavy atom. The molecule has 0 bridgehead atoms. The number of nitrogens with one attached hydrogen (secondary N) is 1. The molecule has 1 fully saturated rings. The Labute approximate surface area is 140 Å². The standard InChI is InChI=1S/C20H18FNO2/c1-14-2-6-16(19(21)12-14)7-3-15-4-8-17(9-5-15)20(23)22-13-18-10-11-24-18/h2,4-6,8-9,12,18H,10-11,13H2,1H3,(H,22,23). The highest BCUT2D eigenvalue weighted by atomic mass is 19.1.